The Bertz CT molecular complexity index is 833. The quantitative estimate of drug-likeness (QED) is 0.831. The van der Waals surface area contributed by atoms with Crippen LogP contribution in [0.25, 0.3) is 11.0 Å². The molecule has 2 aliphatic rings. The van der Waals surface area contributed by atoms with E-state index in [1.165, 1.54) is 7.11 Å². The first-order valence-electron chi connectivity index (χ1n) is 7.56. The first-order chi connectivity index (χ1) is 11.6. The summed E-state index contributed by atoms with van der Waals surface area (Å²) in [7, 11) is 1.52. The number of hydrogen-bond donors (Lipinski definition) is 0. The number of rotatable bonds is 2. The smallest absolute Gasteiger partial charge is 0.410 e. The maximum absolute atomic E-state index is 12.7. The normalized spacial score (nSPS) is 20.2. The third-order valence-electron chi connectivity index (χ3n) is 4.38. The summed E-state index contributed by atoms with van der Waals surface area (Å²) in [5.74, 6) is 0.490. The molecule has 2 fully saturated rings. The van der Waals surface area contributed by atoms with Crippen molar-refractivity contribution in [2.75, 3.05) is 33.4 Å². The summed E-state index contributed by atoms with van der Waals surface area (Å²) >= 11 is 6.05. The van der Waals surface area contributed by atoms with Crippen LogP contribution in [-0.2, 0) is 4.74 Å². The molecule has 1 aromatic heterocycles. The number of methoxy groups -OCH3 is 1. The molecule has 7 nitrogen and oxygen atoms in total. The summed E-state index contributed by atoms with van der Waals surface area (Å²) in [6, 6.07) is 4.93. The Labute approximate surface area is 142 Å². The summed E-state index contributed by atoms with van der Waals surface area (Å²) in [6.45, 7) is 1.65. The van der Waals surface area contributed by atoms with E-state index in [1.54, 1.807) is 28.0 Å². The van der Waals surface area contributed by atoms with Crippen LogP contribution in [0.5, 0.6) is 5.75 Å². The first kappa shape index (κ1) is 15.1. The maximum atomic E-state index is 12.7. The van der Waals surface area contributed by atoms with Gasteiger partial charge in [-0.1, -0.05) is 11.6 Å². The molecule has 0 spiro atoms. The molecule has 2 aromatic rings. The van der Waals surface area contributed by atoms with Gasteiger partial charge in [0.25, 0.3) is 5.91 Å². The highest BCUT2D eigenvalue weighted by atomic mass is 35.5. The number of hydrogen-bond acceptors (Lipinski definition) is 5. The van der Waals surface area contributed by atoms with Crippen LogP contribution in [0.15, 0.2) is 22.6 Å². The van der Waals surface area contributed by atoms with Crippen LogP contribution < -0.4 is 4.74 Å². The molecule has 0 radical (unpaired) electrons. The van der Waals surface area contributed by atoms with Crippen LogP contribution >= 0.6 is 11.6 Å². The number of piperazine rings is 1. The number of benzene rings is 1. The van der Waals surface area contributed by atoms with Crippen molar-refractivity contribution in [1.82, 2.24) is 9.80 Å². The van der Waals surface area contributed by atoms with Gasteiger partial charge in [-0.05, 0) is 12.1 Å². The van der Waals surface area contributed by atoms with Crippen LogP contribution in [0.1, 0.15) is 10.6 Å². The number of carbonyl (C=O) groups excluding carboxylic acids is 2. The number of carbonyl (C=O) groups is 2. The molecule has 8 heteroatoms. The van der Waals surface area contributed by atoms with Gasteiger partial charge in [0, 0.05) is 36.1 Å². The molecule has 2 amide bonds. The van der Waals surface area contributed by atoms with Gasteiger partial charge >= 0.3 is 6.09 Å². The van der Waals surface area contributed by atoms with Gasteiger partial charge in [0.1, 0.15) is 6.61 Å². The standard InChI is InChI=1S/C16H15ClN2O5/c1-22-12-6-10(17)4-9-5-13(24-14(9)12)15(20)18-2-3-19-11(7-18)8-23-16(19)21/h4-6,11H,2-3,7-8H2,1H3/t11-/m0/s1. The van der Waals surface area contributed by atoms with Gasteiger partial charge < -0.3 is 18.8 Å². The van der Waals surface area contributed by atoms with E-state index in [0.717, 1.165) is 0 Å². The van der Waals surface area contributed by atoms with Gasteiger partial charge in [-0.25, -0.2) is 4.79 Å². The van der Waals surface area contributed by atoms with Crippen molar-refractivity contribution in [1.29, 1.82) is 0 Å². The molecule has 126 valence electrons. The zero-order valence-electron chi connectivity index (χ0n) is 13.0. The number of furan rings is 1. The lowest BCUT2D eigenvalue weighted by Crippen LogP contribution is -2.53. The minimum Gasteiger partial charge on any atom is -0.493 e. The van der Waals surface area contributed by atoms with E-state index >= 15 is 0 Å². The predicted octanol–water partition coefficient (Wildman–Crippen LogP) is 2.37. The third-order valence-corrected chi connectivity index (χ3v) is 4.60. The van der Waals surface area contributed by atoms with E-state index < -0.39 is 0 Å². The zero-order valence-corrected chi connectivity index (χ0v) is 13.7. The second-order valence-corrected chi connectivity index (χ2v) is 6.25. The fraction of sp³-hybridized carbons (Fsp3) is 0.375. The van der Waals surface area contributed by atoms with E-state index in [4.69, 9.17) is 25.5 Å². The molecular formula is C16H15ClN2O5. The minimum atomic E-state index is -0.310. The number of halogens is 1. The summed E-state index contributed by atoms with van der Waals surface area (Å²) in [4.78, 5) is 27.6. The fourth-order valence-electron chi connectivity index (χ4n) is 3.17. The van der Waals surface area contributed by atoms with Crippen molar-refractivity contribution in [2.24, 2.45) is 0 Å². The Kier molecular flexibility index (Phi) is 3.53. The molecule has 0 aliphatic carbocycles. The average molecular weight is 351 g/mol. The number of ether oxygens (including phenoxy) is 2. The van der Waals surface area contributed by atoms with Crippen LogP contribution in [0, 0.1) is 0 Å². The highest BCUT2D eigenvalue weighted by Crippen LogP contribution is 2.33. The van der Waals surface area contributed by atoms with Crippen molar-refractivity contribution in [3.8, 4) is 5.75 Å². The molecule has 2 saturated heterocycles. The van der Waals surface area contributed by atoms with Crippen LogP contribution in [0.3, 0.4) is 0 Å². The van der Waals surface area contributed by atoms with E-state index in [1.807, 2.05) is 0 Å². The summed E-state index contributed by atoms with van der Waals surface area (Å²) in [5.41, 5.74) is 0.489. The van der Waals surface area contributed by atoms with Crippen LogP contribution in [0.2, 0.25) is 5.02 Å². The van der Waals surface area contributed by atoms with Gasteiger partial charge in [-0.15, -0.1) is 0 Å². The highest BCUT2D eigenvalue weighted by molar-refractivity contribution is 6.31. The minimum absolute atomic E-state index is 0.0939. The summed E-state index contributed by atoms with van der Waals surface area (Å²) in [5, 5.41) is 1.22. The van der Waals surface area contributed by atoms with E-state index in [-0.39, 0.29) is 23.8 Å². The number of nitrogens with zero attached hydrogens (tertiary/aromatic N) is 2. The van der Waals surface area contributed by atoms with E-state index in [9.17, 15) is 9.59 Å². The molecule has 2 aliphatic heterocycles. The first-order valence-corrected chi connectivity index (χ1v) is 7.94. The van der Waals surface area contributed by atoms with Crippen LogP contribution in [0.4, 0.5) is 4.79 Å². The Hall–Kier alpha value is -2.41. The van der Waals surface area contributed by atoms with Gasteiger partial charge in [-0.2, -0.15) is 0 Å². The number of amides is 2. The SMILES string of the molecule is COc1cc(Cl)cc2cc(C(=O)N3CCN4C(=O)OC[C@@H]4C3)oc12. The topological polar surface area (TPSA) is 72.2 Å². The van der Waals surface area contributed by atoms with Crippen molar-refractivity contribution in [3.05, 3.63) is 29.0 Å². The van der Waals surface area contributed by atoms with Gasteiger partial charge in [0.15, 0.2) is 17.1 Å². The number of fused-ring (bicyclic) bond motifs is 2. The van der Waals surface area contributed by atoms with Gasteiger partial charge in [-0.3, -0.25) is 9.69 Å². The second kappa shape index (κ2) is 5.59. The van der Waals surface area contributed by atoms with E-state index in [2.05, 4.69) is 0 Å². The molecular weight excluding hydrogens is 336 g/mol. The lowest BCUT2D eigenvalue weighted by Gasteiger charge is -2.34. The fourth-order valence-corrected chi connectivity index (χ4v) is 3.39. The lowest BCUT2D eigenvalue weighted by atomic mass is 10.2. The second-order valence-electron chi connectivity index (χ2n) is 5.81. The molecule has 0 N–H and O–H groups in total. The Morgan fingerprint density at radius 3 is 2.96 bits per heavy atom. The van der Waals surface area contributed by atoms with Crippen molar-refractivity contribution in [2.45, 2.75) is 6.04 Å². The Balaban J connectivity index is 1.61. The van der Waals surface area contributed by atoms with Gasteiger partial charge in [0.05, 0.1) is 13.2 Å². The van der Waals surface area contributed by atoms with Crippen molar-refractivity contribution < 1.29 is 23.5 Å². The van der Waals surface area contributed by atoms with E-state index in [0.29, 0.717) is 48.0 Å². The zero-order chi connectivity index (χ0) is 16.8. The predicted molar refractivity (Wildman–Crippen MR) is 85.5 cm³/mol. The molecule has 4 rings (SSSR count). The molecule has 1 aromatic carbocycles. The molecule has 1 atom stereocenters. The monoisotopic (exact) mass is 350 g/mol. The lowest BCUT2D eigenvalue weighted by molar-refractivity contribution is 0.0588. The van der Waals surface area contributed by atoms with Crippen LogP contribution in [-0.4, -0.2) is 61.2 Å². The molecule has 0 saturated carbocycles. The number of cyclic esters (lactones) is 1. The Morgan fingerprint density at radius 2 is 2.17 bits per heavy atom. The average Bonchev–Trinajstić information content (AvgIpc) is 3.17. The molecule has 3 heterocycles. The summed E-state index contributed by atoms with van der Waals surface area (Å²) < 4.78 is 16.0. The largest absolute Gasteiger partial charge is 0.493 e. The maximum Gasteiger partial charge on any atom is 0.410 e. The Morgan fingerprint density at radius 1 is 1.33 bits per heavy atom. The van der Waals surface area contributed by atoms with Crippen molar-refractivity contribution >= 4 is 34.6 Å². The highest BCUT2D eigenvalue weighted by Gasteiger charge is 2.39. The van der Waals surface area contributed by atoms with Crippen molar-refractivity contribution in [3.63, 3.8) is 0 Å². The molecule has 24 heavy (non-hydrogen) atoms. The molecule has 0 unspecified atom stereocenters. The van der Waals surface area contributed by atoms with Gasteiger partial charge in [0.2, 0.25) is 0 Å². The summed E-state index contributed by atoms with van der Waals surface area (Å²) in [6.07, 6.45) is -0.310. The molecule has 0 bridgehead atoms. The third kappa shape index (κ3) is 2.36.